The van der Waals surface area contributed by atoms with Crippen molar-refractivity contribution in [2.24, 2.45) is 5.92 Å². The molecule has 25 heavy (non-hydrogen) atoms. The lowest BCUT2D eigenvalue weighted by Gasteiger charge is -2.30. The number of rotatable bonds is 4. The van der Waals surface area contributed by atoms with Gasteiger partial charge in [-0.05, 0) is 42.9 Å². The van der Waals surface area contributed by atoms with Gasteiger partial charge < -0.3 is 0 Å². The lowest BCUT2D eigenvalue weighted by Crippen LogP contribution is -2.38. The molecule has 1 saturated heterocycles. The summed E-state index contributed by atoms with van der Waals surface area (Å²) < 4.78 is 27.9. The molecule has 1 aliphatic heterocycles. The molecule has 0 saturated carbocycles. The number of aromatic nitrogens is 2. The normalized spacial score (nSPS) is 16.9. The van der Waals surface area contributed by atoms with E-state index in [1.807, 2.05) is 19.1 Å². The summed E-state index contributed by atoms with van der Waals surface area (Å²) in [6.45, 7) is 5.23. The van der Waals surface area contributed by atoms with E-state index in [4.69, 9.17) is 0 Å². The average Bonchev–Trinajstić information content (AvgIpc) is 2.62. The maximum Gasteiger partial charge on any atom is 0.264 e. The number of H-pyrrole nitrogens is 1. The molecule has 1 aromatic heterocycles. The highest BCUT2D eigenvalue weighted by Crippen LogP contribution is 2.29. The second-order valence-corrected chi connectivity index (χ2v) is 8.48. The highest BCUT2D eigenvalue weighted by molar-refractivity contribution is 7.89. The Hall–Kier alpha value is -1.99. The van der Waals surface area contributed by atoms with Gasteiger partial charge in [0.15, 0.2) is 0 Å². The van der Waals surface area contributed by atoms with Crippen molar-refractivity contribution in [1.29, 1.82) is 0 Å². The molecule has 1 fully saturated rings. The first-order chi connectivity index (χ1) is 11.9. The third kappa shape index (κ3) is 3.67. The number of nitrogens with one attached hydrogen (secondary N) is 1. The van der Waals surface area contributed by atoms with Crippen LogP contribution in [-0.2, 0) is 16.4 Å². The van der Waals surface area contributed by atoms with Crippen LogP contribution in [0.3, 0.4) is 0 Å². The van der Waals surface area contributed by atoms with Crippen molar-refractivity contribution in [3.63, 3.8) is 0 Å². The molecule has 7 heteroatoms. The third-order valence-corrected chi connectivity index (χ3v) is 6.76. The zero-order chi connectivity index (χ0) is 18.0. The molecule has 3 rings (SSSR count). The van der Waals surface area contributed by atoms with Crippen LogP contribution >= 0.6 is 0 Å². The molecule has 0 bridgehead atoms. The highest BCUT2D eigenvalue weighted by atomic mass is 32.2. The van der Waals surface area contributed by atoms with Crippen LogP contribution in [0.15, 0.2) is 40.0 Å². The smallest absolute Gasteiger partial charge is 0.264 e. The fourth-order valence-corrected chi connectivity index (χ4v) is 4.90. The van der Waals surface area contributed by atoms with Crippen molar-refractivity contribution in [2.45, 2.75) is 38.0 Å². The molecule has 0 unspecified atom stereocenters. The minimum atomic E-state index is -3.53. The fourth-order valence-electron chi connectivity index (χ4n) is 3.12. The Balaban J connectivity index is 2.03. The number of piperidine rings is 1. The molecule has 2 heterocycles. The van der Waals surface area contributed by atoms with Crippen molar-refractivity contribution in [2.75, 3.05) is 13.1 Å². The molecule has 1 N–H and O–H groups in total. The molecule has 6 nitrogen and oxygen atoms in total. The van der Waals surface area contributed by atoms with E-state index in [1.165, 1.54) is 6.07 Å². The van der Waals surface area contributed by atoms with E-state index in [0.29, 0.717) is 41.6 Å². The molecule has 0 spiro atoms. The first-order valence-corrected chi connectivity index (χ1v) is 10.0. The zero-order valence-corrected chi connectivity index (χ0v) is 15.3. The summed E-state index contributed by atoms with van der Waals surface area (Å²) in [5.74, 6) is 0.564. The first kappa shape index (κ1) is 17.8. The minimum Gasteiger partial charge on any atom is -0.268 e. The lowest BCUT2D eigenvalue weighted by molar-refractivity contribution is 0.288. The number of aromatic amines is 1. The summed E-state index contributed by atoms with van der Waals surface area (Å²) in [6.07, 6.45) is 2.42. The van der Waals surface area contributed by atoms with Crippen LogP contribution in [0, 0.1) is 5.92 Å². The molecule has 0 amide bonds. The molecule has 1 aliphatic rings. The van der Waals surface area contributed by atoms with E-state index in [0.717, 1.165) is 18.4 Å². The van der Waals surface area contributed by atoms with Gasteiger partial charge in [-0.15, -0.1) is 0 Å². The van der Waals surface area contributed by atoms with Crippen LogP contribution in [0.25, 0.3) is 11.3 Å². The van der Waals surface area contributed by atoms with Gasteiger partial charge in [-0.3, -0.25) is 4.79 Å². The van der Waals surface area contributed by atoms with Gasteiger partial charge in [-0.1, -0.05) is 26.0 Å². The molecular weight excluding hydrogens is 338 g/mol. The molecule has 1 aromatic carbocycles. The molecule has 0 radical (unpaired) electrons. The summed E-state index contributed by atoms with van der Waals surface area (Å²) in [4.78, 5) is 11.5. The van der Waals surface area contributed by atoms with E-state index in [2.05, 4.69) is 17.1 Å². The fraction of sp³-hybridized carbons (Fsp3) is 0.444. The van der Waals surface area contributed by atoms with E-state index >= 15 is 0 Å². The summed E-state index contributed by atoms with van der Waals surface area (Å²) >= 11 is 0. The third-order valence-electron chi connectivity index (χ3n) is 4.78. The van der Waals surface area contributed by atoms with Gasteiger partial charge >= 0.3 is 0 Å². The summed E-state index contributed by atoms with van der Waals surface area (Å²) in [6, 6.07) is 8.33. The van der Waals surface area contributed by atoms with Crippen LogP contribution in [-0.4, -0.2) is 36.0 Å². The first-order valence-electron chi connectivity index (χ1n) is 8.61. The van der Waals surface area contributed by atoms with Crippen molar-refractivity contribution >= 4 is 10.0 Å². The Morgan fingerprint density at radius 1 is 1.20 bits per heavy atom. The zero-order valence-electron chi connectivity index (χ0n) is 14.5. The maximum atomic E-state index is 13.2. The van der Waals surface area contributed by atoms with Crippen molar-refractivity contribution < 1.29 is 8.42 Å². The second-order valence-electron chi connectivity index (χ2n) is 6.57. The number of nitrogens with zero attached hydrogens (tertiary/aromatic N) is 2. The Morgan fingerprint density at radius 2 is 1.92 bits per heavy atom. The molecule has 2 aromatic rings. The highest BCUT2D eigenvalue weighted by Gasteiger charge is 2.30. The van der Waals surface area contributed by atoms with Gasteiger partial charge in [0, 0.05) is 24.7 Å². The van der Waals surface area contributed by atoms with E-state index in [9.17, 15) is 13.2 Å². The number of hydrogen-bond donors (Lipinski definition) is 1. The predicted octanol–water partition coefficient (Wildman–Crippen LogP) is 2.42. The van der Waals surface area contributed by atoms with Crippen molar-refractivity contribution in [1.82, 2.24) is 14.5 Å². The number of aryl methyl sites for hydroxylation is 1. The Kier molecular flexibility index (Phi) is 5.06. The lowest BCUT2D eigenvalue weighted by atomic mass is 10.0. The molecular formula is C18H23N3O3S. The number of sulfonamides is 1. The number of benzene rings is 1. The maximum absolute atomic E-state index is 13.2. The molecule has 0 aliphatic carbocycles. The van der Waals surface area contributed by atoms with Gasteiger partial charge in [0.05, 0.1) is 10.6 Å². The van der Waals surface area contributed by atoms with E-state index in [-0.39, 0.29) is 5.56 Å². The average molecular weight is 361 g/mol. The van der Waals surface area contributed by atoms with Crippen molar-refractivity contribution in [3.05, 3.63) is 46.2 Å². The quantitative estimate of drug-likeness (QED) is 0.906. The molecule has 0 atom stereocenters. The summed E-state index contributed by atoms with van der Waals surface area (Å²) in [5, 5.41) is 6.39. The van der Waals surface area contributed by atoms with Crippen LogP contribution in [0.4, 0.5) is 0 Å². The van der Waals surface area contributed by atoms with E-state index in [1.54, 1.807) is 16.4 Å². The monoisotopic (exact) mass is 361 g/mol. The predicted molar refractivity (Wildman–Crippen MR) is 96.8 cm³/mol. The Morgan fingerprint density at radius 3 is 2.52 bits per heavy atom. The summed E-state index contributed by atoms with van der Waals surface area (Å²) in [5.41, 5.74) is 1.74. The van der Waals surface area contributed by atoms with Crippen molar-refractivity contribution in [3.8, 4) is 11.3 Å². The minimum absolute atomic E-state index is 0.288. The van der Waals surface area contributed by atoms with E-state index < -0.39 is 10.0 Å². The van der Waals surface area contributed by atoms with Crippen LogP contribution in [0.5, 0.6) is 0 Å². The standard InChI is InChI=1S/C18H23N3O3S/c1-3-14-4-5-15(16-6-7-18(22)20-19-16)12-17(14)25(23,24)21-10-8-13(2)9-11-21/h4-7,12-13H,3,8-11H2,1-2H3,(H,20,22). The van der Waals surface area contributed by atoms with Gasteiger partial charge in [0.2, 0.25) is 10.0 Å². The summed E-state index contributed by atoms with van der Waals surface area (Å²) in [7, 11) is -3.53. The van der Waals surface area contributed by atoms with Gasteiger partial charge in [0.1, 0.15) is 0 Å². The van der Waals surface area contributed by atoms with Gasteiger partial charge in [-0.2, -0.15) is 9.40 Å². The van der Waals surface area contributed by atoms with Crippen LogP contribution in [0.2, 0.25) is 0 Å². The molecule has 134 valence electrons. The van der Waals surface area contributed by atoms with Crippen LogP contribution in [0.1, 0.15) is 32.3 Å². The SMILES string of the molecule is CCc1ccc(-c2ccc(=O)[nH]n2)cc1S(=O)(=O)N1CCC(C)CC1. The Labute approximate surface area is 147 Å². The van der Waals surface area contributed by atoms with Crippen LogP contribution < -0.4 is 5.56 Å². The Bertz CT molecular complexity index is 893. The van der Waals surface area contributed by atoms with Gasteiger partial charge in [0.25, 0.3) is 5.56 Å². The van der Waals surface area contributed by atoms with Gasteiger partial charge in [-0.25, -0.2) is 13.5 Å². The second kappa shape index (κ2) is 7.09. The topological polar surface area (TPSA) is 83.1 Å². The number of hydrogen-bond acceptors (Lipinski definition) is 4. The largest absolute Gasteiger partial charge is 0.268 e.